The van der Waals surface area contributed by atoms with Gasteiger partial charge in [0.1, 0.15) is 0 Å². The van der Waals surface area contributed by atoms with Crippen molar-refractivity contribution in [2.45, 2.75) is 58.0 Å². The molecule has 2 aliphatic rings. The highest BCUT2D eigenvalue weighted by Gasteiger charge is 2.43. The lowest BCUT2D eigenvalue weighted by molar-refractivity contribution is -0.125. The lowest BCUT2D eigenvalue weighted by atomic mass is 9.92. The molecule has 92 valence electrons. The molecule has 1 saturated heterocycles. The third-order valence-corrected chi connectivity index (χ3v) is 4.37. The second kappa shape index (κ2) is 4.36. The smallest absolute Gasteiger partial charge is 0.237 e. The van der Waals surface area contributed by atoms with Gasteiger partial charge in [0.05, 0.1) is 6.04 Å². The van der Waals surface area contributed by atoms with Gasteiger partial charge < -0.3 is 10.6 Å². The molecule has 0 spiro atoms. The molecule has 3 nitrogen and oxygen atoms in total. The molecular formula is C13H24N2O. The van der Waals surface area contributed by atoms with Crippen LogP contribution in [0.4, 0.5) is 0 Å². The van der Waals surface area contributed by atoms with Gasteiger partial charge >= 0.3 is 0 Å². The van der Waals surface area contributed by atoms with E-state index in [2.05, 4.69) is 31.4 Å². The van der Waals surface area contributed by atoms with Crippen LogP contribution in [-0.4, -0.2) is 24.0 Å². The van der Waals surface area contributed by atoms with Gasteiger partial charge in [-0.15, -0.1) is 0 Å². The van der Waals surface area contributed by atoms with Crippen molar-refractivity contribution in [3.05, 3.63) is 0 Å². The molecule has 3 unspecified atom stereocenters. The highest BCUT2D eigenvalue weighted by Crippen LogP contribution is 2.37. The molecule has 1 amide bonds. The normalized spacial score (nSPS) is 33.8. The summed E-state index contributed by atoms with van der Waals surface area (Å²) in [4.78, 5) is 12.2. The van der Waals surface area contributed by atoms with Crippen LogP contribution < -0.4 is 10.6 Å². The molecule has 3 atom stereocenters. The molecule has 2 fully saturated rings. The molecule has 2 rings (SSSR count). The quantitative estimate of drug-likeness (QED) is 0.766. The summed E-state index contributed by atoms with van der Waals surface area (Å²) >= 11 is 0. The minimum absolute atomic E-state index is 0.0679. The zero-order valence-corrected chi connectivity index (χ0v) is 10.7. The number of nitrogens with one attached hydrogen (secondary N) is 2. The van der Waals surface area contributed by atoms with E-state index in [0.29, 0.717) is 5.92 Å². The topological polar surface area (TPSA) is 41.1 Å². The zero-order chi connectivity index (χ0) is 11.8. The summed E-state index contributed by atoms with van der Waals surface area (Å²) in [5.74, 6) is 1.55. The van der Waals surface area contributed by atoms with Crippen molar-refractivity contribution in [1.29, 1.82) is 0 Å². The summed E-state index contributed by atoms with van der Waals surface area (Å²) in [5, 5.41) is 6.55. The maximum Gasteiger partial charge on any atom is 0.237 e. The number of carbonyl (C=O) groups is 1. The van der Waals surface area contributed by atoms with Gasteiger partial charge in [-0.3, -0.25) is 4.79 Å². The van der Waals surface area contributed by atoms with Crippen molar-refractivity contribution in [2.75, 3.05) is 6.54 Å². The molecule has 0 aromatic rings. The molecule has 2 N–H and O–H groups in total. The molecule has 0 bridgehead atoms. The second-order valence-corrected chi connectivity index (χ2v) is 5.97. The number of rotatable bonds is 3. The first-order valence-corrected chi connectivity index (χ1v) is 6.59. The Morgan fingerprint density at radius 3 is 2.88 bits per heavy atom. The highest BCUT2D eigenvalue weighted by atomic mass is 16.2. The standard InChI is InChI=1S/C13H24N2O/c1-4-13(2,3)15-12(16)11-10-7-5-6-9(10)8-14-11/h9-11,14H,4-8H2,1-3H3,(H,15,16). The molecule has 1 aliphatic heterocycles. The first kappa shape index (κ1) is 11.9. The van der Waals surface area contributed by atoms with Crippen molar-refractivity contribution >= 4 is 5.91 Å². The average Bonchev–Trinajstić information content (AvgIpc) is 2.77. The number of hydrogen-bond acceptors (Lipinski definition) is 2. The molecule has 1 aliphatic carbocycles. The summed E-state index contributed by atoms with van der Waals surface area (Å²) in [5.41, 5.74) is -0.0740. The van der Waals surface area contributed by atoms with Gasteiger partial charge in [-0.1, -0.05) is 13.3 Å². The van der Waals surface area contributed by atoms with Crippen LogP contribution in [0.25, 0.3) is 0 Å². The number of amides is 1. The van der Waals surface area contributed by atoms with Gasteiger partial charge in [-0.05, 0) is 51.5 Å². The van der Waals surface area contributed by atoms with Crippen molar-refractivity contribution < 1.29 is 4.79 Å². The molecule has 1 saturated carbocycles. The van der Waals surface area contributed by atoms with Gasteiger partial charge in [-0.2, -0.15) is 0 Å². The minimum Gasteiger partial charge on any atom is -0.350 e. The predicted molar refractivity (Wildman–Crippen MR) is 65.1 cm³/mol. The molecule has 16 heavy (non-hydrogen) atoms. The zero-order valence-electron chi connectivity index (χ0n) is 10.7. The first-order valence-electron chi connectivity index (χ1n) is 6.59. The van der Waals surface area contributed by atoms with Crippen molar-refractivity contribution in [3.8, 4) is 0 Å². The Balaban J connectivity index is 1.95. The Morgan fingerprint density at radius 2 is 2.19 bits per heavy atom. The van der Waals surface area contributed by atoms with Gasteiger partial charge in [0, 0.05) is 5.54 Å². The van der Waals surface area contributed by atoms with Crippen molar-refractivity contribution in [3.63, 3.8) is 0 Å². The van der Waals surface area contributed by atoms with E-state index in [1.165, 1.54) is 19.3 Å². The Morgan fingerprint density at radius 1 is 1.44 bits per heavy atom. The van der Waals surface area contributed by atoms with Gasteiger partial charge in [0.15, 0.2) is 0 Å². The second-order valence-electron chi connectivity index (χ2n) is 5.97. The third-order valence-electron chi connectivity index (χ3n) is 4.37. The Kier molecular flexibility index (Phi) is 3.24. The van der Waals surface area contributed by atoms with Crippen LogP contribution in [0, 0.1) is 11.8 Å². The molecule has 0 radical (unpaired) electrons. The average molecular weight is 224 g/mol. The third kappa shape index (κ3) is 2.24. The fourth-order valence-electron chi connectivity index (χ4n) is 2.97. The highest BCUT2D eigenvalue weighted by molar-refractivity contribution is 5.83. The van der Waals surface area contributed by atoms with E-state index in [-0.39, 0.29) is 17.5 Å². The fraction of sp³-hybridized carbons (Fsp3) is 0.923. The Hall–Kier alpha value is -0.570. The van der Waals surface area contributed by atoms with Crippen molar-refractivity contribution in [2.24, 2.45) is 11.8 Å². The largest absolute Gasteiger partial charge is 0.350 e. The first-order chi connectivity index (χ1) is 7.53. The van der Waals surface area contributed by atoms with E-state index < -0.39 is 0 Å². The van der Waals surface area contributed by atoms with Crippen LogP contribution >= 0.6 is 0 Å². The van der Waals surface area contributed by atoms with Crippen LogP contribution in [0.3, 0.4) is 0 Å². The van der Waals surface area contributed by atoms with E-state index in [1.54, 1.807) is 0 Å². The monoisotopic (exact) mass is 224 g/mol. The maximum absolute atomic E-state index is 12.2. The number of fused-ring (bicyclic) bond motifs is 1. The maximum atomic E-state index is 12.2. The Bertz CT molecular complexity index is 275. The SMILES string of the molecule is CCC(C)(C)NC(=O)C1NCC2CCCC21. The number of hydrogen-bond donors (Lipinski definition) is 2. The van der Waals surface area contributed by atoms with E-state index in [4.69, 9.17) is 0 Å². The summed E-state index contributed by atoms with van der Waals surface area (Å²) in [7, 11) is 0. The van der Waals surface area contributed by atoms with Crippen LogP contribution in [0.2, 0.25) is 0 Å². The van der Waals surface area contributed by atoms with Crippen LogP contribution in [-0.2, 0) is 4.79 Å². The van der Waals surface area contributed by atoms with E-state index >= 15 is 0 Å². The molecule has 3 heteroatoms. The fourth-order valence-corrected chi connectivity index (χ4v) is 2.97. The van der Waals surface area contributed by atoms with Gasteiger partial charge in [0.2, 0.25) is 5.91 Å². The lowest BCUT2D eigenvalue weighted by Crippen LogP contribution is -2.51. The summed E-state index contributed by atoms with van der Waals surface area (Å²) in [6.07, 6.45) is 4.80. The van der Waals surface area contributed by atoms with E-state index in [9.17, 15) is 4.79 Å². The van der Waals surface area contributed by atoms with E-state index in [0.717, 1.165) is 18.9 Å². The van der Waals surface area contributed by atoms with Crippen LogP contribution in [0.1, 0.15) is 46.5 Å². The molecular weight excluding hydrogens is 200 g/mol. The van der Waals surface area contributed by atoms with E-state index in [1.807, 2.05) is 0 Å². The summed E-state index contributed by atoms with van der Waals surface area (Å²) in [6.45, 7) is 7.33. The van der Waals surface area contributed by atoms with Gasteiger partial charge in [-0.25, -0.2) is 0 Å². The Labute approximate surface area is 98.4 Å². The summed E-state index contributed by atoms with van der Waals surface area (Å²) in [6, 6.07) is 0.0679. The van der Waals surface area contributed by atoms with Gasteiger partial charge in [0.25, 0.3) is 0 Å². The molecule has 0 aromatic carbocycles. The van der Waals surface area contributed by atoms with Crippen molar-refractivity contribution in [1.82, 2.24) is 10.6 Å². The summed E-state index contributed by atoms with van der Waals surface area (Å²) < 4.78 is 0. The predicted octanol–water partition coefficient (Wildman–Crippen LogP) is 1.68. The molecule has 0 aromatic heterocycles. The lowest BCUT2D eigenvalue weighted by Gasteiger charge is -2.28. The molecule has 1 heterocycles. The van der Waals surface area contributed by atoms with Crippen LogP contribution in [0.5, 0.6) is 0 Å². The van der Waals surface area contributed by atoms with Crippen LogP contribution in [0.15, 0.2) is 0 Å². The number of carbonyl (C=O) groups excluding carboxylic acids is 1. The minimum atomic E-state index is -0.0740.